The lowest BCUT2D eigenvalue weighted by atomic mass is 10.0. The molecule has 78 valence electrons. The summed E-state index contributed by atoms with van der Waals surface area (Å²) in [7, 11) is 0. The molecule has 0 unspecified atom stereocenters. The van der Waals surface area contributed by atoms with Crippen LogP contribution < -0.4 is 0 Å². The van der Waals surface area contributed by atoms with Gasteiger partial charge in [0.15, 0.2) is 0 Å². The largest absolute Gasteiger partial charge is 0.381 e. The van der Waals surface area contributed by atoms with E-state index in [1.54, 1.807) is 0 Å². The molecule has 0 N–H and O–H groups in total. The van der Waals surface area contributed by atoms with Crippen LogP contribution in [0.2, 0.25) is 0 Å². The van der Waals surface area contributed by atoms with Crippen LogP contribution in [0, 0.1) is 13.8 Å². The van der Waals surface area contributed by atoms with E-state index in [1.165, 1.54) is 16.7 Å². The van der Waals surface area contributed by atoms with Gasteiger partial charge in [0.2, 0.25) is 0 Å². The summed E-state index contributed by atoms with van der Waals surface area (Å²) in [5.41, 5.74) is 4.20. The van der Waals surface area contributed by atoms with Gasteiger partial charge < -0.3 is 4.74 Å². The smallest absolute Gasteiger partial charge is 0.0506 e. The molecule has 1 aromatic rings. The molecule has 0 amide bonds. The van der Waals surface area contributed by atoms with Gasteiger partial charge >= 0.3 is 0 Å². The molecular weight excluding hydrogens is 172 g/mol. The number of hydrogen-bond donors (Lipinski definition) is 0. The minimum atomic E-state index is 0.845. The average molecular weight is 192 g/mol. The molecule has 0 saturated carbocycles. The van der Waals surface area contributed by atoms with E-state index in [4.69, 9.17) is 4.74 Å². The van der Waals surface area contributed by atoms with Crippen molar-refractivity contribution in [1.82, 2.24) is 0 Å². The van der Waals surface area contributed by atoms with E-state index in [0.29, 0.717) is 0 Å². The fourth-order valence-corrected chi connectivity index (χ4v) is 1.51. The third-order valence-corrected chi connectivity index (χ3v) is 2.58. The van der Waals surface area contributed by atoms with Gasteiger partial charge in [0.25, 0.3) is 0 Å². The van der Waals surface area contributed by atoms with E-state index in [-0.39, 0.29) is 0 Å². The van der Waals surface area contributed by atoms with Crippen LogP contribution >= 0.6 is 0 Å². The predicted molar refractivity (Wildman–Crippen MR) is 60.7 cm³/mol. The second-order valence-corrected chi connectivity index (χ2v) is 3.72. The Morgan fingerprint density at radius 1 is 1.14 bits per heavy atom. The van der Waals surface area contributed by atoms with Crippen LogP contribution in [0.1, 0.15) is 30.0 Å². The van der Waals surface area contributed by atoms with Gasteiger partial charge in [0, 0.05) is 6.61 Å². The van der Waals surface area contributed by atoms with Crippen LogP contribution in [-0.4, -0.2) is 13.2 Å². The normalized spacial score (nSPS) is 10.5. The van der Waals surface area contributed by atoms with E-state index in [9.17, 15) is 0 Å². The minimum Gasteiger partial charge on any atom is -0.381 e. The van der Waals surface area contributed by atoms with Crippen molar-refractivity contribution in [3.05, 3.63) is 34.9 Å². The Balaban J connectivity index is 2.46. The Morgan fingerprint density at radius 3 is 2.64 bits per heavy atom. The molecule has 1 rings (SSSR count). The fraction of sp³-hybridized carbons (Fsp3) is 0.538. The zero-order chi connectivity index (χ0) is 10.4. The quantitative estimate of drug-likeness (QED) is 0.651. The molecule has 1 aromatic carbocycles. The van der Waals surface area contributed by atoms with Crippen molar-refractivity contribution >= 4 is 0 Å². The standard InChI is InChI=1S/C13H20O/c1-4-9-14-10-8-13-7-5-6-11(2)12(13)3/h5-7H,4,8-10H2,1-3H3. The number of aryl methyl sites for hydroxylation is 1. The molecule has 1 heteroatoms. The third kappa shape index (κ3) is 3.15. The molecule has 0 aliphatic carbocycles. The lowest BCUT2D eigenvalue weighted by molar-refractivity contribution is 0.138. The molecule has 0 spiro atoms. The maximum Gasteiger partial charge on any atom is 0.0506 e. The van der Waals surface area contributed by atoms with E-state index in [1.807, 2.05) is 0 Å². The Hall–Kier alpha value is -0.820. The lowest BCUT2D eigenvalue weighted by Gasteiger charge is -2.08. The van der Waals surface area contributed by atoms with Gasteiger partial charge in [-0.25, -0.2) is 0 Å². The number of rotatable bonds is 5. The highest BCUT2D eigenvalue weighted by molar-refractivity contribution is 5.33. The zero-order valence-electron chi connectivity index (χ0n) is 9.47. The maximum absolute atomic E-state index is 5.48. The first-order valence-electron chi connectivity index (χ1n) is 5.38. The minimum absolute atomic E-state index is 0.845. The molecule has 0 aromatic heterocycles. The van der Waals surface area contributed by atoms with Crippen molar-refractivity contribution in [3.63, 3.8) is 0 Å². The third-order valence-electron chi connectivity index (χ3n) is 2.58. The molecule has 0 bridgehead atoms. The van der Waals surface area contributed by atoms with Crippen molar-refractivity contribution in [2.24, 2.45) is 0 Å². The Morgan fingerprint density at radius 2 is 1.93 bits per heavy atom. The summed E-state index contributed by atoms with van der Waals surface area (Å²) in [6, 6.07) is 6.47. The first kappa shape index (κ1) is 11.3. The predicted octanol–water partition coefficient (Wildman–Crippen LogP) is 3.27. The zero-order valence-corrected chi connectivity index (χ0v) is 9.47. The first-order valence-corrected chi connectivity index (χ1v) is 5.38. The maximum atomic E-state index is 5.48. The molecule has 0 aliphatic heterocycles. The Labute approximate surface area is 87.1 Å². The van der Waals surface area contributed by atoms with E-state index in [2.05, 4.69) is 39.0 Å². The molecule has 0 radical (unpaired) electrons. The van der Waals surface area contributed by atoms with Crippen LogP contribution in [0.3, 0.4) is 0 Å². The molecule has 0 heterocycles. The number of benzene rings is 1. The van der Waals surface area contributed by atoms with Crippen molar-refractivity contribution < 1.29 is 4.74 Å². The van der Waals surface area contributed by atoms with Gasteiger partial charge in [0.1, 0.15) is 0 Å². The SMILES string of the molecule is CCCOCCc1cccc(C)c1C. The van der Waals surface area contributed by atoms with Gasteiger partial charge in [-0.05, 0) is 43.4 Å². The second-order valence-electron chi connectivity index (χ2n) is 3.72. The molecule has 0 fully saturated rings. The van der Waals surface area contributed by atoms with Crippen LogP contribution in [0.15, 0.2) is 18.2 Å². The van der Waals surface area contributed by atoms with Crippen molar-refractivity contribution in [2.45, 2.75) is 33.6 Å². The van der Waals surface area contributed by atoms with Crippen molar-refractivity contribution in [1.29, 1.82) is 0 Å². The summed E-state index contributed by atoms with van der Waals surface area (Å²) < 4.78 is 5.48. The summed E-state index contributed by atoms with van der Waals surface area (Å²) in [4.78, 5) is 0. The van der Waals surface area contributed by atoms with E-state index < -0.39 is 0 Å². The monoisotopic (exact) mass is 192 g/mol. The topological polar surface area (TPSA) is 9.23 Å². The van der Waals surface area contributed by atoms with Gasteiger partial charge in [-0.1, -0.05) is 25.1 Å². The highest BCUT2D eigenvalue weighted by Crippen LogP contribution is 2.13. The van der Waals surface area contributed by atoms with Crippen molar-refractivity contribution in [2.75, 3.05) is 13.2 Å². The number of hydrogen-bond acceptors (Lipinski definition) is 1. The molecule has 14 heavy (non-hydrogen) atoms. The van der Waals surface area contributed by atoms with Gasteiger partial charge in [0.05, 0.1) is 6.61 Å². The summed E-state index contributed by atoms with van der Waals surface area (Å²) in [5, 5.41) is 0. The highest BCUT2D eigenvalue weighted by Gasteiger charge is 1.99. The Bertz CT molecular complexity index is 279. The first-order chi connectivity index (χ1) is 6.75. The molecule has 1 nitrogen and oxygen atoms in total. The van der Waals surface area contributed by atoms with E-state index in [0.717, 1.165) is 26.1 Å². The molecule has 0 atom stereocenters. The molecular formula is C13H20O. The summed E-state index contributed by atoms with van der Waals surface area (Å²) >= 11 is 0. The summed E-state index contributed by atoms with van der Waals surface area (Å²) in [6.07, 6.45) is 2.14. The second kappa shape index (κ2) is 5.82. The molecule has 0 saturated heterocycles. The average Bonchev–Trinajstić information content (AvgIpc) is 2.19. The van der Waals surface area contributed by atoms with Crippen LogP contribution in [0.25, 0.3) is 0 Å². The summed E-state index contributed by atoms with van der Waals surface area (Å²) in [5.74, 6) is 0. The van der Waals surface area contributed by atoms with Crippen LogP contribution in [-0.2, 0) is 11.2 Å². The lowest BCUT2D eigenvalue weighted by Crippen LogP contribution is -2.01. The summed E-state index contributed by atoms with van der Waals surface area (Å²) in [6.45, 7) is 8.21. The van der Waals surface area contributed by atoms with Crippen LogP contribution in [0.4, 0.5) is 0 Å². The van der Waals surface area contributed by atoms with Gasteiger partial charge in [-0.3, -0.25) is 0 Å². The van der Waals surface area contributed by atoms with Crippen molar-refractivity contribution in [3.8, 4) is 0 Å². The molecule has 0 aliphatic rings. The van der Waals surface area contributed by atoms with E-state index >= 15 is 0 Å². The number of ether oxygens (including phenoxy) is 1. The van der Waals surface area contributed by atoms with Gasteiger partial charge in [-0.15, -0.1) is 0 Å². The highest BCUT2D eigenvalue weighted by atomic mass is 16.5. The Kier molecular flexibility index (Phi) is 4.68. The fourth-order valence-electron chi connectivity index (χ4n) is 1.51. The van der Waals surface area contributed by atoms with Gasteiger partial charge in [-0.2, -0.15) is 0 Å². The van der Waals surface area contributed by atoms with Crippen LogP contribution in [0.5, 0.6) is 0 Å².